The zero-order valence-electron chi connectivity index (χ0n) is 11.4. The van der Waals surface area contributed by atoms with Gasteiger partial charge in [-0.1, -0.05) is 12.1 Å². The Hall–Kier alpha value is -1.06. The lowest BCUT2D eigenvalue weighted by Gasteiger charge is -2.21. The van der Waals surface area contributed by atoms with Gasteiger partial charge in [-0.15, -0.1) is 0 Å². The van der Waals surface area contributed by atoms with E-state index in [1.54, 1.807) is 0 Å². The predicted octanol–water partition coefficient (Wildman–Crippen LogP) is 1.96. The molecule has 1 aromatic rings. The molecule has 18 heavy (non-hydrogen) atoms. The second-order valence-electron chi connectivity index (χ2n) is 5.25. The number of nitrogens with zero attached hydrogens (tertiary/aromatic N) is 1. The van der Waals surface area contributed by atoms with Crippen LogP contribution in [0.2, 0.25) is 0 Å². The van der Waals surface area contributed by atoms with Crippen molar-refractivity contribution >= 4 is 5.69 Å². The van der Waals surface area contributed by atoms with E-state index >= 15 is 0 Å². The van der Waals surface area contributed by atoms with E-state index < -0.39 is 0 Å². The summed E-state index contributed by atoms with van der Waals surface area (Å²) in [6, 6.07) is 8.73. The van der Waals surface area contributed by atoms with Gasteiger partial charge in [-0.3, -0.25) is 0 Å². The van der Waals surface area contributed by atoms with Gasteiger partial charge < -0.3 is 15.7 Å². The lowest BCUT2D eigenvalue weighted by Crippen LogP contribution is -2.22. The topological polar surface area (TPSA) is 49.5 Å². The van der Waals surface area contributed by atoms with Crippen LogP contribution >= 0.6 is 0 Å². The normalized spacial score (nSPS) is 26.1. The third kappa shape index (κ3) is 2.25. The molecule has 3 nitrogen and oxygen atoms in total. The summed E-state index contributed by atoms with van der Waals surface area (Å²) in [6.45, 7) is 7.18. The summed E-state index contributed by atoms with van der Waals surface area (Å²) < 4.78 is 0. The lowest BCUT2D eigenvalue weighted by molar-refractivity contribution is 0.211. The van der Waals surface area contributed by atoms with Crippen LogP contribution in [0.15, 0.2) is 24.3 Å². The first-order valence-corrected chi connectivity index (χ1v) is 6.86. The first-order valence-electron chi connectivity index (χ1n) is 6.86. The summed E-state index contributed by atoms with van der Waals surface area (Å²) in [7, 11) is 0. The van der Waals surface area contributed by atoms with Crippen molar-refractivity contribution in [1.29, 1.82) is 0 Å². The van der Waals surface area contributed by atoms with E-state index in [4.69, 9.17) is 5.73 Å². The van der Waals surface area contributed by atoms with Gasteiger partial charge in [0.15, 0.2) is 0 Å². The Morgan fingerprint density at radius 1 is 1.28 bits per heavy atom. The van der Waals surface area contributed by atoms with E-state index in [1.807, 2.05) is 0 Å². The molecule has 0 bridgehead atoms. The molecule has 1 aromatic carbocycles. The maximum Gasteiger partial charge on any atom is 0.0505 e. The highest BCUT2D eigenvalue weighted by Gasteiger charge is 2.53. The summed E-state index contributed by atoms with van der Waals surface area (Å²) in [5, 5.41) is 9.42. The van der Waals surface area contributed by atoms with Crippen molar-refractivity contribution in [2.45, 2.75) is 26.2 Å². The second-order valence-corrected chi connectivity index (χ2v) is 5.25. The average Bonchev–Trinajstić information content (AvgIpc) is 3.16. The molecule has 0 spiro atoms. The molecule has 0 aromatic heterocycles. The molecule has 3 N–H and O–H groups in total. The lowest BCUT2D eigenvalue weighted by atomic mass is 10.00. The van der Waals surface area contributed by atoms with E-state index in [2.05, 4.69) is 43.0 Å². The van der Waals surface area contributed by atoms with Crippen LogP contribution in [0.25, 0.3) is 0 Å². The van der Waals surface area contributed by atoms with Crippen LogP contribution in [0.5, 0.6) is 0 Å². The van der Waals surface area contributed by atoms with Gasteiger partial charge in [0, 0.05) is 30.7 Å². The Balaban J connectivity index is 2.10. The molecule has 0 aliphatic heterocycles. The molecule has 1 fully saturated rings. The third-order valence-electron chi connectivity index (χ3n) is 4.34. The summed E-state index contributed by atoms with van der Waals surface area (Å²) >= 11 is 0. The van der Waals surface area contributed by atoms with Crippen molar-refractivity contribution in [2.75, 3.05) is 31.1 Å². The van der Waals surface area contributed by atoms with Crippen molar-refractivity contribution in [1.82, 2.24) is 0 Å². The fourth-order valence-electron chi connectivity index (χ4n) is 2.79. The van der Waals surface area contributed by atoms with Crippen molar-refractivity contribution in [3.05, 3.63) is 29.8 Å². The van der Waals surface area contributed by atoms with Crippen LogP contribution in [0.4, 0.5) is 5.69 Å². The number of benzene rings is 1. The standard InChI is InChI=1S/C15H24N2O/c1-3-17(4-2)13-7-5-12(6-8-13)14-9-15(14,10-16)11-18/h5-8,14,18H,3-4,9-11,16H2,1-2H3/t14-,15+/m1/s1. The highest BCUT2D eigenvalue weighted by Crippen LogP contribution is 2.58. The minimum absolute atomic E-state index is 0.0449. The Morgan fingerprint density at radius 3 is 2.28 bits per heavy atom. The van der Waals surface area contributed by atoms with E-state index in [0.717, 1.165) is 19.5 Å². The number of aliphatic hydroxyl groups excluding tert-OH is 1. The minimum atomic E-state index is -0.0449. The predicted molar refractivity (Wildman–Crippen MR) is 75.9 cm³/mol. The zero-order chi connectivity index (χ0) is 13.2. The quantitative estimate of drug-likeness (QED) is 0.809. The van der Waals surface area contributed by atoms with E-state index in [-0.39, 0.29) is 12.0 Å². The van der Waals surface area contributed by atoms with Gasteiger partial charge in [-0.05, 0) is 43.9 Å². The van der Waals surface area contributed by atoms with E-state index in [9.17, 15) is 5.11 Å². The van der Waals surface area contributed by atoms with E-state index in [1.165, 1.54) is 11.3 Å². The Bertz CT molecular complexity index is 380. The maximum atomic E-state index is 9.42. The molecular weight excluding hydrogens is 224 g/mol. The molecule has 0 heterocycles. The number of hydrogen-bond donors (Lipinski definition) is 2. The molecule has 100 valence electrons. The first-order chi connectivity index (χ1) is 8.70. The summed E-state index contributed by atoms with van der Waals surface area (Å²) in [6.07, 6.45) is 1.02. The van der Waals surface area contributed by atoms with Crippen LogP contribution in [0, 0.1) is 5.41 Å². The molecule has 1 aliphatic carbocycles. The van der Waals surface area contributed by atoms with Crippen molar-refractivity contribution in [2.24, 2.45) is 11.1 Å². The van der Waals surface area contributed by atoms with Crippen LogP contribution < -0.4 is 10.6 Å². The highest BCUT2D eigenvalue weighted by molar-refractivity contribution is 5.49. The van der Waals surface area contributed by atoms with Crippen LogP contribution in [-0.2, 0) is 0 Å². The highest BCUT2D eigenvalue weighted by atomic mass is 16.3. The number of hydrogen-bond acceptors (Lipinski definition) is 3. The second kappa shape index (κ2) is 5.29. The fraction of sp³-hybridized carbons (Fsp3) is 0.600. The van der Waals surface area contributed by atoms with Crippen molar-refractivity contribution < 1.29 is 5.11 Å². The van der Waals surface area contributed by atoms with Crippen LogP contribution in [0.1, 0.15) is 31.7 Å². The summed E-state index contributed by atoms with van der Waals surface area (Å²) in [5.74, 6) is 0.443. The average molecular weight is 248 g/mol. The molecule has 0 saturated heterocycles. The molecule has 2 atom stereocenters. The summed E-state index contributed by atoms with van der Waals surface area (Å²) in [4.78, 5) is 2.33. The number of aliphatic hydroxyl groups is 1. The first kappa shape index (κ1) is 13.4. The van der Waals surface area contributed by atoms with Gasteiger partial charge in [-0.25, -0.2) is 0 Å². The van der Waals surface area contributed by atoms with Crippen LogP contribution in [0.3, 0.4) is 0 Å². The number of nitrogens with two attached hydrogens (primary N) is 1. The van der Waals surface area contributed by atoms with Crippen LogP contribution in [-0.4, -0.2) is 31.3 Å². The van der Waals surface area contributed by atoms with Gasteiger partial charge in [0.2, 0.25) is 0 Å². The van der Waals surface area contributed by atoms with Crippen molar-refractivity contribution in [3.8, 4) is 0 Å². The fourth-order valence-corrected chi connectivity index (χ4v) is 2.79. The smallest absolute Gasteiger partial charge is 0.0505 e. The molecule has 2 rings (SSSR count). The van der Waals surface area contributed by atoms with Gasteiger partial charge in [0.05, 0.1) is 6.61 Å². The van der Waals surface area contributed by atoms with E-state index in [0.29, 0.717) is 12.5 Å². The van der Waals surface area contributed by atoms with Gasteiger partial charge in [0.25, 0.3) is 0 Å². The largest absolute Gasteiger partial charge is 0.396 e. The molecule has 0 unspecified atom stereocenters. The molecule has 1 aliphatic rings. The SMILES string of the molecule is CCN(CC)c1ccc([C@H]2C[C@]2(CN)CO)cc1. The molecule has 1 saturated carbocycles. The van der Waals surface area contributed by atoms with Crippen molar-refractivity contribution in [3.63, 3.8) is 0 Å². The Morgan fingerprint density at radius 2 is 1.89 bits per heavy atom. The molecule has 0 radical (unpaired) electrons. The number of rotatable bonds is 6. The third-order valence-corrected chi connectivity index (χ3v) is 4.34. The maximum absolute atomic E-state index is 9.42. The Labute approximate surface area is 110 Å². The minimum Gasteiger partial charge on any atom is -0.396 e. The zero-order valence-corrected chi connectivity index (χ0v) is 11.4. The molecule has 0 amide bonds. The molecule has 3 heteroatoms. The molecular formula is C15H24N2O. The number of anilines is 1. The van der Waals surface area contributed by atoms with Gasteiger partial charge in [-0.2, -0.15) is 0 Å². The van der Waals surface area contributed by atoms with Gasteiger partial charge in [0.1, 0.15) is 0 Å². The summed E-state index contributed by atoms with van der Waals surface area (Å²) in [5.41, 5.74) is 8.30. The monoisotopic (exact) mass is 248 g/mol. The van der Waals surface area contributed by atoms with Gasteiger partial charge >= 0.3 is 0 Å². The Kier molecular flexibility index (Phi) is 3.93.